The second-order valence-electron chi connectivity index (χ2n) is 7.31. The molecular weight excluding hydrogens is 327 g/mol. The van der Waals surface area contributed by atoms with Crippen molar-refractivity contribution in [1.29, 1.82) is 0 Å². The predicted molar refractivity (Wildman–Crippen MR) is 99.3 cm³/mol. The topological polar surface area (TPSA) is 0 Å². The third-order valence-electron chi connectivity index (χ3n) is 5.82. The Hall–Kier alpha value is 0.0169. The van der Waals surface area contributed by atoms with Crippen LogP contribution in [0.1, 0.15) is 62.8 Å². The lowest BCUT2D eigenvalue weighted by Gasteiger charge is -2.31. The van der Waals surface area contributed by atoms with Crippen LogP contribution in [0.15, 0.2) is 24.3 Å². The lowest BCUT2D eigenvalue weighted by Crippen LogP contribution is -2.18. The number of halogens is 2. The molecule has 0 amide bonds. The second kappa shape index (κ2) is 8.21. The van der Waals surface area contributed by atoms with Crippen molar-refractivity contribution in [2.24, 2.45) is 11.8 Å². The first-order valence-electron chi connectivity index (χ1n) is 8.96. The summed E-state index contributed by atoms with van der Waals surface area (Å²) in [7, 11) is -0.446. The SMILES string of the molecule is Clc1ccc(C2CCC(CCC3CC[Si](Cl)CC3)CC2)cc1. The van der Waals surface area contributed by atoms with E-state index in [-0.39, 0.29) is 0 Å². The molecule has 2 fully saturated rings. The molecule has 1 aromatic rings. The van der Waals surface area contributed by atoms with E-state index in [9.17, 15) is 0 Å². The summed E-state index contributed by atoms with van der Waals surface area (Å²) in [5.41, 5.74) is 1.49. The van der Waals surface area contributed by atoms with E-state index in [4.69, 9.17) is 22.7 Å². The predicted octanol–water partition coefficient (Wildman–Crippen LogP) is 7.03. The van der Waals surface area contributed by atoms with E-state index in [2.05, 4.69) is 12.1 Å². The fourth-order valence-corrected chi connectivity index (χ4v) is 6.74. The zero-order valence-electron chi connectivity index (χ0n) is 13.4. The lowest BCUT2D eigenvalue weighted by atomic mass is 9.76. The van der Waals surface area contributed by atoms with Crippen molar-refractivity contribution in [3.63, 3.8) is 0 Å². The number of rotatable bonds is 4. The van der Waals surface area contributed by atoms with Crippen molar-refractivity contribution in [3.05, 3.63) is 34.9 Å². The van der Waals surface area contributed by atoms with Crippen LogP contribution in [0.2, 0.25) is 17.1 Å². The molecule has 1 aliphatic carbocycles. The summed E-state index contributed by atoms with van der Waals surface area (Å²) in [6.45, 7) is 0. The fourth-order valence-electron chi connectivity index (χ4n) is 4.27. The molecule has 2 aliphatic rings. The van der Waals surface area contributed by atoms with E-state index < -0.39 is 8.11 Å². The normalized spacial score (nSPS) is 27.9. The summed E-state index contributed by atoms with van der Waals surface area (Å²) >= 11 is 12.3. The van der Waals surface area contributed by atoms with E-state index in [1.165, 1.54) is 69.0 Å². The van der Waals surface area contributed by atoms with Crippen LogP contribution < -0.4 is 0 Å². The Bertz CT molecular complexity index is 443. The van der Waals surface area contributed by atoms with Crippen LogP contribution in [0.25, 0.3) is 0 Å². The van der Waals surface area contributed by atoms with Crippen LogP contribution in [0.5, 0.6) is 0 Å². The van der Waals surface area contributed by atoms with Gasteiger partial charge < -0.3 is 0 Å². The lowest BCUT2D eigenvalue weighted by molar-refractivity contribution is 0.280. The Morgan fingerprint density at radius 2 is 1.36 bits per heavy atom. The molecule has 0 aromatic heterocycles. The van der Waals surface area contributed by atoms with Gasteiger partial charge in [-0.3, -0.25) is 0 Å². The molecule has 0 nitrogen and oxygen atoms in total. The van der Waals surface area contributed by atoms with Gasteiger partial charge in [0.2, 0.25) is 0 Å². The van der Waals surface area contributed by atoms with Gasteiger partial charge in [0.15, 0.2) is 8.11 Å². The molecule has 0 spiro atoms. The van der Waals surface area contributed by atoms with Gasteiger partial charge in [-0.2, -0.15) is 11.1 Å². The molecule has 22 heavy (non-hydrogen) atoms. The maximum Gasteiger partial charge on any atom is 0.165 e. The minimum absolute atomic E-state index is 0.446. The van der Waals surface area contributed by atoms with Gasteiger partial charge in [-0.25, -0.2) is 0 Å². The molecule has 0 bridgehead atoms. The molecule has 1 saturated carbocycles. The van der Waals surface area contributed by atoms with Crippen LogP contribution in [0.4, 0.5) is 0 Å². The van der Waals surface area contributed by atoms with Gasteiger partial charge in [0, 0.05) is 5.02 Å². The highest BCUT2D eigenvalue weighted by molar-refractivity contribution is 7.07. The van der Waals surface area contributed by atoms with Crippen LogP contribution in [-0.2, 0) is 0 Å². The largest absolute Gasteiger partial charge is 0.169 e. The van der Waals surface area contributed by atoms with Gasteiger partial charge in [-0.05, 0) is 73.2 Å². The molecule has 1 aromatic carbocycles. The van der Waals surface area contributed by atoms with Gasteiger partial charge >= 0.3 is 0 Å². The third-order valence-corrected chi connectivity index (χ3v) is 8.87. The Labute approximate surface area is 146 Å². The van der Waals surface area contributed by atoms with Crippen LogP contribution in [0.3, 0.4) is 0 Å². The van der Waals surface area contributed by atoms with Crippen molar-refractivity contribution in [2.45, 2.75) is 69.4 Å². The first kappa shape index (κ1) is 16.9. The summed E-state index contributed by atoms with van der Waals surface area (Å²) in [6, 6.07) is 11.2. The second-order valence-corrected chi connectivity index (χ2v) is 11.4. The van der Waals surface area contributed by atoms with Gasteiger partial charge in [0.25, 0.3) is 0 Å². The Balaban J connectivity index is 1.39. The first-order chi connectivity index (χ1) is 10.7. The van der Waals surface area contributed by atoms with Crippen molar-refractivity contribution in [3.8, 4) is 0 Å². The highest BCUT2D eigenvalue weighted by Crippen LogP contribution is 2.39. The summed E-state index contributed by atoms with van der Waals surface area (Å²) in [5, 5.41) is 0.853. The molecule has 121 valence electrons. The number of hydrogen-bond donors (Lipinski definition) is 0. The van der Waals surface area contributed by atoms with E-state index in [0.29, 0.717) is 0 Å². The Kier molecular flexibility index (Phi) is 6.30. The number of hydrogen-bond acceptors (Lipinski definition) is 0. The zero-order chi connectivity index (χ0) is 15.4. The minimum Gasteiger partial charge on any atom is -0.169 e. The Morgan fingerprint density at radius 1 is 0.818 bits per heavy atom. The number of benzene rings is 1. The maximum absolute atomic E-state index is 6.31. The highest BCUT2D eigenvalue weighted by atomic mass is 35.6. The van der Waals surface area contributed by atoms with Crippen LogP contribution in [-0.4, -0.2) is 8.11 Å². The molecule has 1 radical (unpaired) electrons. The van der Waals surface area contributed by atoms with Gasteiger partial charge in [-0.15, -0.1) is 0 Å². The average Bonchev–Trinajstić information content (AvgIpc) is 2.56. The van der Waals surface area contributed by atoms with Crippen LogP contribution in [0, 0.1) is 11.8 Å². The first-order valence-corrected chi connectivity index (χ1v) is 12.3. The van der Waals surface area contributed by atoms with E-state index in [0.717, 1.165) is 22.8 Å². The molecule has 0 unspecified atom stereocenters. The molecule has 1 heterocycles. The van der Waals surface area contributed by atoms with Gasteiger partial charge in [-0.1, -0.05) is 49.4 Å². The standard InChI is InChI=1S/C19H27Cl2Si/c20-19-9-7-18(8-10-19)17-5-3-15(4-6-17)1-2-16-11-13-22(21)14-12-16/h7-10,15-17H,1-6,11-14H2. The van der Waals surface area contributed by atoms with Gasteiger partial charge in [0.1, 0.15) is 0 Å². The van der Waals surface area contributed by atoms with Gasteiger partial charge in [0.05, 0.1) is 0 Å². The monoisotopic (exact) mass is 353 g/mol. The Morgan fingerprint density at radius 3 is 1.95 bits per heavy atom. The molecule has 1 saturated heterocycles. The highest BCUT2D eigenvalue weighted by Gasteiger charge is 2.25. The molecule has 3 heteroatoms. The van der Waals surface area contributed by atoms with E-state index in [1.54, 1.807) is 0 Å². The molecule has 0 N–H and O–H groups in total. The van der Waals surface area contributed by atoms with E-state index in [1.807, 2.05) is 12.1 Å². The molecule has 1 aliphatic heterocycles. The smallest absolute Gasteiger partial charge is 0.165 e. The summed E-state index contributed by atoms with van der Waals surface area (Å²) in [6.07, 6.45) is 11.3. The van der Waals surface area contributed by atoms with E-state index >= 15 is 0 Å². The van der Waals surface area contributed by atoms with Crippen LogP contribution >= 0.6 is 22.7 Å². The summed E-state index contributed by atoms with van der Waals surface area (Å²) < 4.78 is 0. The summed E-state index contributed by atoms with van der Waals surface area (Å²) in [4.78, 5) is 0. The fraction of sp³-hybridized carbons (Fsp3) is 0.684. The molecule has 0 atom stereocenters. The zero-order valence-corrected chi connectivity index (χ0v) is 15.9. The molecular formula is C19H27Cl2Si. The van der Waals surface area contributed by atoms with Crippen molar-refractivity contribution < 1.29 is 0 Å². The third kappa shape index (κ3) is 4.76. The average molecular weight is 354 g/mol. The molecule has 3 rings (SSSR count). The maximum atomic E-state index is 6.31. The van der Waals surface area contributed by atoms with Crippen molar-refractivity contribution in [2.75, 3.05) is 0 Å². The summed E-state index contributed by atoms with van der Waals surface area (Å²) in [5.74, 6) is 2.73. The van der Waals surface area contributed by atoms with Crippen molar-refractivity contribution >= 4 is 30.8 Å². The minimum atomic E-state index is -0.446. The van der Waals surface area contributed by atoms with Crippen molar-refractivity contribution in [1.82, 2.24) is 0 Å². The quantitative estimate of drug-likeness (QED) is 0.402.